The van der Waals surface area contributed by atoms with Gasteiger partial charge in [-0.3, -0.25) is 19.3 Å². The molecule has 0 unspecified atom stereocenters. The van der Waals surface area contributed by atoms with E-state index in [0.29, 0.717) is 5.56 Å². The van der Waals surface area contributed by atoms with E-state index in [9.17, 15) is 37.5 Å². The Morgan fingerprint density at radius 3 is 2.10 bits per heavy atom. The number of carboxylic acid groups (broad SMARTS) is 1. The zero-order chi connectivity index (χ0) is 34.7. The molecule has 0 radical (unpaired) electrons. The van der Waals surface area contributed by atoms with Crippen molar-refractivity contribution in [3.05, 3.63) is 107 Å². The van der Waals surface area contributed by atoms with Gasteiger partial charge < -0.3 is 19.6 Å². The Balaban J connectivity index is 1.38. The van der Waals surface area contributed by atoms with E-state index < -0.39 is 54.2 Å². The molecule has 9 nitrogen and oxygen atoms in total. The van der Waals surface area contributed by atoms with Gasteiger partial charge >= 0.3 is 18.2 Å². The van der Waals surface area contributed by atoms with Gasteiger partial charge in [-0.05, 0) is 53.3 Å². The Labute approximate surface area is 276 Å². The molecule has 1 aliphatic carbocycles. The molecule has 2 aliphatic rings. The lowest BCUT2D eigenvalue weighted by Gasteiger charge is -2.36. The summed E-state index contributed by atoms with van der Waals surface area (Å²) < 4.78 is 45.4. The highest BCUT2D eigenvalue weighted by atomic mass is 19.4. The zero-order valence-electron chi connectivity index (χ0n) is 26.7. The summed E-state index contributed by atoms with van der Waals surface area (Å²) in [4.78, 5) is 56.2. The van der Waals surface area contributed by atoms with Crippen LogP contribution in [0.1, 0.15) is 41.5 Å². The van der Waals surface area contributed by atoms with E-state index in [0.717, 1.165) is 44.9 Å². The fourth-order valence-corrected chi connectivity index (χ4v) is 6.35. The molecule has 1 heterocycles. The average Bonchev–Trinajstić information content (AvgIpc) is 3.29. The van der Waals surface area contributed by atoms with Crippen molar-refractivity contribution in [1.82, 2.24) is 14.7 Å². The van der Waals surface area contributed by atoms with Crippen molar-refractivity contribution in [2.24, 2.45) is 0 Å². The number of aliphatic carboxylic acids is 1. The van der Waals surface area contributed by atoms with E-state index in [2.05, 4.69) is 0 Å². The second kappa shape index (κ2) is 13.9. The number of hydrogen-bond donors (Lipinski definition) is 1. The fraction of sp³-hybridized carbons (Fsp3) is 0.333. The third-order valence-electron chi connectivity index (χ3n) is 8.89. The Morgan fingerprint density at radius 2 is 1.54 bits per heavy atom. The van der Waals surface area contributed by atoms with E-state index in [-0.39, 0.29) is 31.9 Å². The maximum absolute atomic E-state index is 14.2. The monoisotopic (exact) mass is 663 g/mol. The molecule has 0 spiro atoms. The highest BCUT2D eigenvalue weighted by Gasteiger charge is 2.40. The van der Waals surface area contributed by atoms with E-state index in [1.165, 1.54) is 36.0 Å². The lowest BCUT2D eigenvalue weighted by Crippen LogP contribution is -2.57. The number of hydrogen-bond acceptors (Lipinski definition) is 5. The first kappa shape index (κ1) is 34.2. The predicted octanol–water partition coefficient (Wildman–Crippen LogP) is 5.59. The van der Waals surface area contributed by atoms with E-state index >= 15 is 0 Å². The molecule has 0 bridgehead atoms. The minimum Gasteiger partial charge on any atom is -0.480 e. The lowest BCUT2D eigenvalue weighted by atomic mass is 9.98. The second-order valence-corrected chi connectivity index (χ2v) is 12.2. The van der Waals surface area contributed by atoms with Gasteiger partial charge in [0.05, 0.1) is 5.56 Å². The SMILES string of the molecule is CC1=CC[C@H](N(C)C(=O)OCC2c3ccccc3-c3ccccc32)C(=O)N([C@@H](Cc2ccc(C(F)(F)F)cc2)C(=O)N(C)CC(=O)O)C1. The molecule has 0 saturated heterocycles. The number of likely N-dealkylation sites (N-methyl/N-ethyl adjacent to an activating group) is 2. The molecule has 48 heavy (non-hydrogen) atoms. The van der Waals surface area contributed by atoms with Gasteiger partial charge in [0.2, 0.25) is 11.8 Å². The van der Waals surface area contributed by atoms with Gasteiger partial charge in [-0.2, -0.15) is 13.2 Å². The van der Waals surface area contributed by atoms with Crippen LogP contribution in [0, 0.1) is 0 Å². The molecule has 3 aromatic carbocycles. The molecule has 2 atom stereocenters. The Bertz CT molecular complexity index is 1690. The number of nitrogens with zero attached hydrogens (tertiary/aromatic N) is 3. The maximum atomic E-state index is 14.2. The normalized spacial score (nSPS) is 16.7. The average molecular weight is 664 g/mol. The van der Waals surface area contributed by atoms with Crippen LogP contribution in [-0.2, 0) is 31.7 Å². The fourth-order valence-electron chi connectivity index (χ4n) is 6.35. The minimum absolute atomic E-state index is 0.00812. The third kappa shape index (κ3) is 7.22. The predicted molar refractivity (Wildman–Crippen MR) is 171 cm³/mol. The first-order valence-electron chi connectivity index (χ1n) is 15.4. The summed E-state index contributed by atoms with van der Waals surface area (Å²) in [7, 11) is 2.72. The lowest BCUT2D eigenvalue weighted by molar-refractivity contribution is -0.150. The third-order valence-corrected chi connectivity index (χ3v) is 8.89. The van der Waals surface area contributed by atoms with E-state index in [1.54, 1.807) is 13.0 Å². The molecule has 0 aromatic heterocycles. The molecule has 252 valence electrons. The number of alkyl halides is 3. The van der Waals surface area contributed by atoms with Crippen LogP contribution in [0.25, 0.3) is 11.1 Å². The van der Waals surface area contributed by atoms with E-state index in [4.69, 9.17) is 4.74 Å². The molecule has 1 N–H and O–H groups in total. The molecule has 1 aliphatic heterocycles. The molecule has 3 aromatic rings. The van der Waals surface area contributed by atoms with Crippen molar-refractivity contribution in [2.75, 3.05) is 33.8 Å². The number of ether oxygens (including phenoxy) is 1. The Hall–Kier alpha value is -5.13. The van der Waals surface area contributed by atoms with Crippen LogP contribution in [0.4, 0.5) is 18.0 Å². The van der Waals surface area contributed by atoms with Crippen LogP contribution >= 0.6 is 0 Å². The molecular formula is C36H36F3N3O6. The number of fused-ring (bicyclic) bond motifs is 3. The first-order chi connectivity index (χ1) is 22.8. The summed E-state index contributed by atoms with van der Waals surface area (Å²) in [6, 6.07) is 17.7. The second-order valence-electron chi connectivity index (χ2n) is 12.2. The highest BCUT2D eigenvalue weighted by molar-refractivity contribution is 5.93. The Morgan fingerprint density at radius 1 is 0.958 bits per heavy atom. The van der Waals surface area contributed by atoms with Crippen LogP contribution in [-0.4, -0.2) is 89.6 Å². The van der Waals surface area contributed by atoms with Crippen LogP contribution in [0.5, 0.6) is 0 Å². The van der Waals surface area contributed by atoms with Crippen molar-refractivity contribution in [2.45, 2.75) is 43.9 Å². The van der Waals surface area contributed by atoms with Crippen molar-refractivity contribution in [1.29, 1.82) is 0 Å². The molecule has 3 amide bonds. The van der Waals surface area contributed by atoms with Crippen molar-refractivity contribution in [3.8, 4) is 11.1 Å². The van der Waals surface area contributed by atoms with Gasteiger partial charge in [0.25, 0.3) is 0 Å². The molecule has 5 rings (SSSR count). The summed E-state index contributed by atoms with van der Waals surface area (Å²) in [5.74, 6) is -2.75. The van der Waals surface area contributed by atoms with Crippen molar-refractivity contribution < 1.29 is 42.2 Å². The maximum Gasteiger partial charge on any atom is 0.416 e. The first-order valence-corrected chi connectivity index (χ1v) is 15.4. The standard InChI is InChI=1S/C36H36F3N3O6/c1-22-12-17-30(41(3)35(47)48-21-29-27-10-6-4-8-25(27)26-9-5-7-11-28(26)29)34(46)42(19-22)31(33(45)40(2)20-32(43)44)18-23-13-15-24(16-14-23)36(37,38)39/h4-16,29-31H,17-21H2,1-3H3,(H,43,44)/t30-,31-/m0/s1. The van der Waals surface area contributed by atoms with Gasteiger partial charge in [-0.15, -0.1) is 0 Å². The quantitative estimate of drug-likeness (QED) is 0.300. The van der Waals surface area contributed by atoms with Crippen LogP contribution in [0.2, 0.25) is 0 Å². The topological polar surface area (TPSA) is 107 Å². The number of carbonyl (C=O) groups excluding carboxylic acids is 3. The minimum atomic E-state index is -4.56. The zero-order valence-corrected chi connectivity index (χ0v) is 26.7. The van der Waals surface area contributed by atoms with Crippen LogP contribution in [0.15, 0.2) is 84.4 Å². The summed E-state index contributed by atoms with van der Waals surface area (Å²) in [6.07, 6.45) is -3.56. The molecule has 0 saturated carbocycles. The number of benzene rings is 3. The van der Waals surface area contributed by atoms with Crippen molar-refractivity contribution in [3.63, 3.8) is 0 Å². The number of halogens is 3. The number of carbonyl (C=O) groups is 4. The number of carboxylic acids is 1. The van der Waals surface area contributed by atoms with Gasteiger partial charge in [0.15, 0.2) is 0 Å². The van der Waals surface area contributed by atoms with Crippen molar-refractivity contribution >= 4 is 23.9 Å². The van der Waals surface area contributed by atoms with Gasteiger partial charge in [-0.1, -0.05) is 72.3 Å². The smallest absolute Gasteiger partial charge is 0.416 e. The van der Waals surface area contributed by atoms with Gasteiger partial charge in [0.1, 0.15) is 25.2 Å². The summed E-state index contributed by atoms with van der Waals surface area (Å²) >= 11 is 0. The van der Waals surface area contributed by atoms with Gasteiger partial charge in [-0.25, -0.2) is 4.79 Å². The molecule has 12 heteroatoms. The summed E-state index contributed by atoms with van der Waals surface area (Å²) in [5.41, 5.74) is 4.37. The molecule has 0 fully saturated rings. The summed E-state index contributed by atoms with van der Waals surface area (Å²) in [6.45, 7) is 1.14. The molecular weight excluding hydrogens is 627 g/mol. The largest absolute Gasteiger partial charge is 0.480 e. The highest BCUT2D eigenvalue weighted by Crippen LogP contribution is 2.44. The van der Waals surface area contributed by atoms with Crippen LogP contribution in [0.3, 0.4) is 0 Å². The summed E-state index contributed by atoms with van der Waals surface area (Å²) in [5, 5.41) is 9.33. The number of rotatable bonds is 9. The Kier molecular flexibility index (Phi) is 9.92. The number of amides is 3. The van der Waals surface area contributed by atoms with Crippen LogP contribution < -0.4 is 0 Å². The van der Waals surface area contributed by atoms with E-state index in [1.807, 2.05) is 48.5 Å². The van der Waals surface area contributed by atoms with Gasteiger partial charge in [0, 0.05) is 33.0 Å².